The van der Waals surface area contributed by atoms with E-state index in [1.165, 1.54) is 38.5 Å². The first-order valence-corrected chi connectivity index (χ1v) is 7.71. The molecular weight excluding hydrogens is 236 g/mol. The molecule has 0 bridgehead atoms. The average Bonchev–Trinajstić information content (AvgIpc) is 2.87. The molecule has 3 nitrogen and oxygen atoms in total. The second-order valence-corrected chi connectivity index (χ2v) is 5.92. The summed E-state index contributed by atoms with van der Waals surface area (Å²) in [5.74, 6) is 0.856. The van der Waals surface area contributed by atoms with Crippen molar-refractivity contribution in [2.45, 2.75) is 64.7 Å². The first-order chi connectivity index (χ1) is 9.18. The van der Waals surface area contributed by atoms with E-state index in [2.05, 4.69) is 0 Å². The molecule has 19 heavy (non-hydrogen) atoms. The molecule has 0 unspecified atom stereocenters. The van der Waals surface area contributed by atoms with E-state index in [4.69, 9.17) is 10.7 Å². The number of carbonyl (C=O) groups excluding carboxylic acids is 1. The second kappa shape index (κ2) is 6.88. The summed E-state index contributed by atoms with van der Waals surface area (Å²) in [5, 5.41) is 0. The van der Waals surface area contributed by atoms with Gasteiger partial charge in [-0.2, -0.15) is 0 Å². The number of carbonyl (C=O) groups is 1. The van der Waals surface area contributed by atoms with Crippen LogP contribution in [0.1, 0.15) is 64.7 Å². The van der Waals surface area contributed by atoms with E-state index in [1.807, 2.05) is 0 Å². The summed E-state index contributed by atoms with van der Waals surface area (Å²) in [6, 6.07) is 0. The molecule has 0 heterocycles. The highest BCUT2D eigenvalue weighted by Crippen LogP contribution is 2.27. The minimum absolute atomic E-state index is 0.0168. The van der Waals surface area contributed by atoms with Crippen LogP contribution in [0.4, 0.5) is 0 Å². The quantitative estimate of drug-likeness (QED) is 0.790. The molecule has 2 rings (SSSR count). The monoisotopic (exact) mass is 262 g/mol. The molecule has 0 atom stereocenters. The first-order valence-electron chi connectivity index (χ1n) is 7.71. The molecular formula is C16H26N2O. The Morgan fingerprint density at radius 2 is 1.95 bits per heavy atom. The number of allylic oxidation sites excluding steroid dienone is 2. The Balaban J connectivity index is 1.91. The van der Waals surface area contributed by atoms with E-state index in [1.54, 1.807) is 6.92 Å². The fourth-order valence-corrected chi connectivity index (χ4v) is 3.26. The number of Topliss-reactive ketones (excluding diaryl/α,β-unsaturated/α-hetero) is 1. The molecule has 0 aromatic carbocycles. The van der Waals surface area contributed by atoms with E-state index >= 15 is 0 Å². The lowest BCUT2D eigenvalue weighted by molar-refractivity contribution is -0.113. The van der Waals surface area contributed by atoms with Crippen molar-refractivity contribution >= 4 is 11.5 Å². The number of nitrogens with zero attached hydrogens (tertiary/aromatic N) is 1. The molecule has 2 aliphatic rings. The average molecular weight is 262 g/mol. The minimum Gasteiger partial charge on any atom is -0.396 e. The Morgan fingerprint density at radius 3 is 2.63 bits per heavy atom. The lowest BCUT2D eigenvalue weighted by Gasteiger charge is -2.20. The van der Waals surface area contributed by atoms with Gasteiger partial charge < -0.3 is 5.73 Å². The molecule has 2 saturated carbocycles. The normalized spacial score (nSPS) is 25.8. The second-order valence-electron chi connectivity index (χ2n) is 5.92. The summed E-state index contributed by atoms with van der Waals surface area (Å²) in [6.07, 6.45) is 11.2. The molecule has 0 aromatic heterocycles. The highest BCUT2D eigenvalue weighted by Gasteiger charge is 2.20. The van der Waals surface area contributed by atoms with Crippen LogP contribution in [-0.4, -0.2) is 18.0 Å². The van der Waals surface area contributed by atoms with Crippen LogP contribution in [0.15, 0.2) is 16.3 Å². The molecule has 2 aliphatic carbocycles. The summed E-state index contributed by atoms with van der Waals surface area (Å²) >= 11 is 0. The smallest absolute Gasteiger partial charge is 0.175 e. The van der Waals surface area contributed by atoms with Crippen molar-refractivity contribution in [1.29, 1.82) is 0 Å². The largest absolute Gasteiger partial charge is 0.396 e. The van der Waals surface area contributed by atoms with Gasteiger partial charge in [0.05, 0.1) is 5.70 Å². The van der Waals surface area contributed by atoms with Gasteiger partial charge in [0, 0.05) is 19.2 Å². The van der Waals surface area contributed by atoms with Crippen molar-refractivity contribution in [1.82, 2.24) is 0 Å². The Kier molecular flexibility index (Phi) is 5.17. The van der Waals surface area contributed by atoms with Crippen LogP contribution in [0.25, 0.3) is 0 Å². The van der Waals surface area contributed by atoms with Crippen LogP contribution in [-0.2, 0) is 4.79 Å². The molecule has 3 heteroatoms. The van der Waals surface area contributed by atoms with Crippen LogP contribution in [0.3, 0.4) is 0 Å². The Morgan fingerprint density at radius 1 is 1.21 bits per heavy atom. The van der Waals surface area contributed by atoms with E-state index in [0.29, 0.717) is 5.70 Å². The van der Waals surface area contributed by atoms with Gasteiger partial charge in [-0.25, -0.2) is 0 Å². The van der Waals surface area contributed by atoms with Crippen molar-refractivity contribution < 1.29 is 4.79 Å². The summed E-state index contributed by atoms with van der Waals surface area (Å²) in [5.41, 5.74) is 8.44. The fourth-order valence-electron chi connectivity index (χ4n) is 3.26. The predicted molar refractivity (Wildman–Crippen MR) is 79.2 cm³/mol. The van der Waals surface area contributed by atoms with Gasteiger partial charge in [-0.3, -0.25) is 9.79 Å². The van der Waals surface area contributed by atoms with Gasteiger partial charge in [0.25, 0.3) is 0 Å². The molecule has 0 aliphatic heterocycles. The van der Waals surface area contributed by atoms with Crippen molar-refractivity contribution in [3.63, 3.8) is 0 Å². The van der Waals surface area contributed by atoms with Crippen LogP contribution < -0.4 is 5.73 Å². The lowest BCUT2D eigenvalue weighted by atomic mass is 9.87. The van der Waals surface area contributed by atoms with E-state index in [0.717, 1.165) is 43.0 Å². The van der Waals surface area contributed by atoms with Gasteiger partial charge in [0.15, 0.2) is 5.78 Å². The third-order valence-electron chi connectivity index (χ3n) is 4.46. The maximum absolute atomic E-state index is 11.4. The maximum Gasteiger partial charge on any atom is 0.175 e. The number of ketones is 1. The molecule has 0 amide bonds. The number of rotatable bonds is 4. The highest BCUT2D eigenvalue weighted by molar-refractivity contribution is 6.08. The Hall–Kier alpha value is -1.12. The van der Waals surface area contributed by atoms with Crippen molar-refractivity contribution in [3.8, 4) is 0 Å². The van der Waals surface area contributed by atoms with Crippen LogP contribution in [0, 0.1) is 5.92 Å². The minimum atomic E-state index is -0.0168. The number of aliphatic imine (C=N–C) groups is 1. The number of nitrogens with two attached hydrogens (primary N) is 1. The number of hydrogen-bond donors (Lipinski definition) is 1. The fraction of sp³-hybridized carbons (Fsp3) is 0.750. The van der Waals surface area contributed by atoms with Crippen LogP contribution in [0.5, 0.6) is 0 Å². The topological polar surface area (TPSA) is 55.5 Å². The summed E-state index contributed by atoms with van der Waals surface area (Å²) in [6.45, 7) is 2.45. The molecule has 106 valence electrons. The molecule has 0 saturated heterocycles. The highest BCUT2D eigenvalue weighted by atomic mass is 16.1. The van der Waals surface area contributed by atoms with Crippen molar-refractivity contribution in [3.05, 3.63) is 11.3 Å². The Bertz CT molecular complexity index is 390. The third-order valence-corrected chi connectivity index (χ3v) is 4.46. The van der Waals surface area contributed by atoms with Gasteiger partial charge in [0.2, 0.25) is 0 Å². The van der Waals surface area contributed by atoms with Gasteiger partial charge in [0.1, 0.15) is 0 Å². The van der Waals surface area contributed by atoms with Gasteiger partial charge in [-0.15, -0.1) is 0 Å². The van der Waals surface area contributed by atoms with Crippen LogP contribution in [0.2, 0.25) is 0 Å². The summed E-state index contributed by atoms with van der Waals surface area (Å²) < 4.78 is 0. The SMILES string of the molecule is CC(=O)/C(N)=C1\CCCC1=NCCC1CCCCC1. The predicted octanol–water partition coefficient (Wildman–Crippen LogP) is 3.38. The van der Waals surface area contributed by atoms with E-state index in [9.17, 15) is 4.79 Å². The summed E-state index contributed by atoms with van der Waals surface area (Å²) in [4.78, 5) is 16.1. The van der Waals surface area contributed by atoms with Crippen molar-refractivity contribution in [2.75, 3.05) is 6.54 Å². The molecule has 0 spiro atoms. The summed E-state index contributed by atoms with van der Waals surface area (Å²) in [7, 11) is 0. The first kappa shape index (κ1) is 14.3. The van der Waals surface area contributed by atoms with Crippen LogP contribution >= 0.6 is 0 Å². The van der Waals surface area contributed by atoms with E-state index in [-0.39, 0.29) is 5.78 Å². The molecule has 2 N–H and O–H groups in total. The standard InChI is InChI=1S/C16H26N2O/c1-12(19)16(17)14-8-5-9-15(14)18-11-10-13-6-3-2-4-7-13/h13H,2-11,17H2,1H3/b16-14-,18-15?. The number of hydrogen-bond acceptors (Lipinski definition) is 3. The van der Waals surface area contributed by atoms with E-state index < -0.39 is 0 Å². The Labute approximate surface area is 116 Å². The van der Waals surface area contributed by atoms with Gasteiger partial charge in [-0.05, 0) is 37.2 Å². The zero-order valence-corrected chi connectivity index (χ0v) is 12.1. The lowest BCUT2D eigenvalue weighted by Crippen LogP contribution is -2.14. The van der Waals surface area contributed by atoms with Gasteiger partial charge >= 0.3 is 0 Å². The molecule has 0 radical (unpaired) electrons. The third kappa shape index (κ3) is 3.92. The molecule has 2 fully saturated rings. The zero-order chi connectivity index (χ0) is 13.7. The maximum atomic E-state index is 11.4. The van der Waals surface area contributed by atoms with Crippen molar-refractivity contribution in [2.24, 2.45) is 16.6 Å². The van der Waals surface area contributed by atoms with Gasteiger partial charge in [-0.1, -0.05) is 32.1 Å². The molecule has 0 aromatic rings. The zero-order valence-electron chi connectivity index (χ0n) is 12.1.